The van der Waals surface area contributed by atoms with Crippen LogP contribution in [0.25, 0.3) is 0 Å². The third-order valence-electron chi connectivity index (χ3n) is 1.21. The van der Waals surface area contributed by atoms with Crippen molar-refractivity contribution in [2.75, 3.05) is 5.75 Å². The van der Waals surface area contributed by atoms with E-state index >= 15 is 0 Å². The lowest BCUT2D eigenvalue weighted by Crippen LogP contribution is -2.20. The van der Waals surface area contributed by atoms with E-state index in [-0.39, 0.29) is 5.56 Å². The Morgan fingerprint density at radius 2 is 2.62 bits per heavy atom. The molecule has 0 bridgehead atoms. The van der Waals surface area contributed by atoms with Crippen LogP contribution in [0.1, 0.15) is 0 Å². The molecule has 0 aliphatic heterocycles. The number of rotatable bonds is 3. The maximum atomic E-state index is 10.8. The fraction of sp³-hybridized carbons (Fsp3) is 0.286. The third-order valence-corrected chi connectivity index (χ3v) is 2.22. The SMILES string of the molecule is N#CC(N)CSc1nccc(=O)[nH]1. The normalized spacial score (nSPS) is 12.0. The number of aromatic nitrogens is 2. The third kappa shape index (κ3) is 3.27. The Balaban J connectivity index is 2.56. The van der Waals surface area contributed by atoms with Crippen LogP contribution < -0.4 is 11.3 Å². The van der Waals surface area contributed by atoms with Crippen molar-refractivity contribution in [3.8, 4) is 6.07 Å². The summed E-state index contributed by atoms with van der Waals surface area (Å²) >= 11 is 1.25. The lowest BCUT2D eigenvalue weighted by Gasteiger charge is -2.00. The van der Waals surface area contributed by atoms with Gasteiger partial charge in [-0.2, -0.15) is 5.26 Å². The van der Waals surface area contributed by atoms with Crippen LogP contribution in [0.4, 0.5) is 0 Å². The predicted octanol–water partition coefficient (Wildman–Crippen LogP) is -0.287. The van der Waals surface area contributed by atoms with E-state index in [0.717, 1.165) is 0 Å². The summed E-state index contributed by atoms with van der Waals surface area (Å²) in [5.74, 6) is 0.420. The molecule has 0 aliphatic carbocycles. The number of nitriles is 1. The van der Waals surface area contributed by atoms with E-state index in [1.807, 2.05) is 6.07 Å². The largest absolute Gasteiger partial charge is 0.315 e. The molecule has 0 saturated carbocycles. The highest BCUT2D eigenvalue weighted by Gasteiger charge is 2.02. The van der Waals surface area contributed by atoms with Crippen molar-refractivity contribution in [1.29, 1.82) is 5.26 Å². The lowest BCUT2D eigenvalue weighted by atomic mass is 10.4. The minimum absolute atomic E-state index is 0.206. The van der Waals surface area contributed by atoms with Crippen LogP contribution in [0.5, 0.6) is 0 Å². The number of hydrogen-bond acceptors (Lipinski definition) is 5. The second kappa shape index (κ2) is 4.64. The first-order valence-electron chi connectivity index (χ1n) is 3.55. The van der Waals surface area contributed by atoms with Crippen LogP contribution in [0, 0.1) is 11.3 Å². The highest BCUT2D eigenvalue weighted by molar-refractivity contribution is 7.99. The van der Waals surface area contributed by atoms with Gasteiger partial charge in [-0.05, 0) is 0 Å². The number of nitrogens with two attached hydrogens (primary N) is 1. The zero-order valence-electron chi connectivity index (χ0n) is 6.73. The van der Waals surface area contributed by atoms with Crippen LogP contribution in [-0.4, -0.2) is 21.8 Å². The summed E-state index contributed by atoms with van der Waals surface area (Å²) in [5.41, 5.74) is 5.15. The molecule has 0 spiro atoms. The topological polar surface area (TPSA) is 95.6 Å². The van der Waals surface area contributed by atoms with Gasteiger partial charge in [-0.25, -0.2) is 4.98 Å². The Hall–Kier alpha value is -1.32. The van der Waals surface area contributed by atoms with Gasteiger partial charge in [0.1, 0.15) is 6.04 Å². The van der Waals surface area contributed by atoms with Crippen molar-refractivity contribution in [3.05, 3.63) is 22.6 Å². The van der Waals surface area contributed by atoms with Gasteiger partial charge in [-0.3, -0.25) is 4.79 Å². The fourth-order valence-corrected chi connectivity index (χ4v) is 1.35. The molecule has 13 heavy (non-hydrogen) atoms. The molecular weight excluding hydrogens is 188 g/mol. The van der Waals surface area contributed by atoms with Crippen LogP contribution >= 0.6 is 11.8 Å². The molecule has 1 aromatic rings. The molecule has 0 aliphatic rings. The Bertz CT molecular complexity index is 369. The van der Waals surface area contributed by atoms with Crippen molar-refractivity contribution >= 4 is 11.8 Å². The van der Waals surface area contributed by atoms with Crippen molar-refractivity contribution in [3.63, 3.8) is 0 Å². The molecule has 1 atom stereocenters. The summed E-state index contributed by atoms with van der Waals surface area (Å²) in [4.78, 5) is 17.2. The number of thioether (sulfide) groups is 1. The lowest BCUT2D eigenvalue weighted by molar-refractivity contribution is 0.915. The molecule has 6 heteroatoms. The number of nitrogens with one attached hydrogen (secondary N) is 1. The van der Waals surface area contributed by atoms with Crippen molar-refractivity contribution < 1.29 is 0 Å². The van der Waals surface area contributed by atoms with Gasteiger partial charge in [0.05, 0.1) is 6.07 Å². The zero-order valence-corrected chi connectivity index (χ0v) is 7.54. The summed E-state index contributed by atoms with van der Waals surface area (Å²) in [5, 5.41) is 8.87. The van der Waals surface area contributed by atoms with E-state index in [2.05, 4.69) is 9.97 Å². The van der Waals surface area contributed by atoms with Gasteiger partial charge in [-0.1, -0.05) is 11.8 Å². The molecule has 0 fully saturated rings. The highest BCUT2D eigenvalue weighted by Crippen LogP contribution is 2.09. The molecule has 1 unspecified atom stereocenters. The van der Waals surface area contributed by atoms with Crippen molar-refractivity contribution in [2.45, 2.75) is 11.2 Å². The maximum Gasteiger partial charge on any atom is 0.251 e. The molecule has 3 N–H and O–H groups in total. The van der Waals surface area contributed by atoms with Gasteiger partial charge >= 0.3 is 0 Å². The van der Waals surface area contributed by atoms with E-state index in [4.69, 9.17) is 11.0 Å². The summed E-state index contributed by atoms with van der Waals surface area (Å²) in [6.07, 6.45) is 1.42. The average Bonchev–Trinajstić information content (AvgIpc) is 2.14. The minimum atomic E-state index is -0.532. The smallest absolute Gasteiger partial charge is 0.251 e. The van der Waals surface area contributed by atoms with Crippen molar-refractivity contribution in [2.24, 2.45) is 5.73 Å². The standard InChI is InChI=1S/C7H8N4OS/c8-3-5(9)4-13-7-10-2-1-6(12)11-7/h1-2,5H,4,9H2,(H,10,11,12). The van der Waals surface area contributed by atoms with Crippen LogP contribution in [-0.2, 0) is 0 Å². The molecule has 0 saturated heterocycles. The first kappa shape index (κ1) is 9.77. The Morgan fingerprint density at radius 1 is 1.85 bits per heavy atom. The maximum absolute atomic E-state index is 10.8. The Morgan fingerprint density at radius 3 is 3.23 bits per heavy atom. The van der Waals surface area contributed by atoms with Crippen LogP contribution in [0.15, 0.2) is 22.2 Å². The summed E-state index contributed by atoms with van der Waals surface area (Å²) in [7, 11) is 0. The predicted molar refractivity (Wildman–Crippen MR) is 49.2 cm³/mol. The molecule has 1 heterocycles. The van der Waals surface area contributed by atoms with E-state index in [1.165, 1.54) is 24.0 Å². The minimum Gasteiger partial charge on any atom is -0.315 e. The van der Waals surface area contributed by atoms with Crippen LogP contribution in [0.2, 0.25) is 0 Å². The molecule has 5 nitrogen and oxygen atoms in total. The van der Waals surface area contributed by atoms with Gasteiger partial charge in [0.15, 0.2) is 5.16 Å². The molecule has 1 aromatic heterocycles. The molecule has 0 radical (unpaired) electrons. The number of H-pyrrole nitrogens is 1. The first-order chi connectivity index (χ1) is 6.22. The van der Waals surface area contributed by atoms with E-state index < -0.39 is 6.04 Å². The Kier molecular flexibility index (Phi) is 3.49. The highest BCUT2D eigenvalue weighted by atomic mass is 32.2. The number of aromatic amines is 1. The quantitative estimate of drug-likeness (QED) is 0.511. The number of nitrogens with zero attached hydrogens (tertiary/aromatic N) is 2. The fourth-order valence-electron chi connectivity index (χ4n) is 0.631. The second-order valence-corrected chi connectivity index (χ2v) is 3.29. The van der Waals surface area contributed by atoms with Gasteiger partial charge in [0, 0.05) is 18.0 Å². The van der Waals surface area contributed by atoms with E-state index in [1.54, 1.807) is 0 Å². The van der Waals surface area contributed by atoms with E-state index in [9.17, 15) is 4.79 Å². The van der Waals surface area contributed by atoms with Gasteiger partial charge in [-0.15, -0.1) is 0 Å². The molecule has 0 amide bonds. The van der Waals surface area contributed by atoms with Gasteiger partial charge in [0.2, 0.25) is 0 Å². The summed E-state index contributed by atoms with van der Waals surface area (Å²) < 4.78 is 0. The molecule has 68 valence electrons. The zero-order chi connectivity index (χ0) is 9.68. The monoisotopic (exact) mass is 196 g/mol. The average molecular weight is 196 g/mol. The number of hydrogen-bond donors (Lipinski definition) is 2. The van der Waals surface area contributed by atoms with Gasteiger partial charge in [0.25, 0.3) is 5.56 Å². The van der Waals surface area contributed by atoms with Crippen molar-refractivity contribution in [1.82, 2.24) is 9.97 Å². The molecular formula is C7H8N4OS. The second-order valence-electron chi connectivity index (χ2n) is 2.29. The van der Waals surface area contributed by atoms with E-state index in [0.29, 0.717) is 10.9 Å². The first-order valence-corrected chi connectivity index (χ1v) is 4.54. The molecule has 0 aromatic carbocycles. The Labute approximate surface area is 79.0 Å². The van der Waals surface area contributed by atoms with Gasteiger partial charge < -0.3 is 10.7 Å². The summed E-state index contributed by atoms with van der Waals surface area (Å²) in [6.45, 7) is 0. The van der Waals surface area contributed by atoms with Crippen LogP contribution in [0.3, 0.4) is 0 Å². The summed E-state index contributed by atoms with van der Waals surface area (Å²) in [6, 6.07) is 2.68. The molecule has 1 rings (SSSR count).